The molecule has 0 aromatic carbocycles. The minimum atomic E-state index is -1.41. The van der Waals surface area contributed by atoms with Gasteiger partial charge in [0.15, 0.2) is 0 Å². The van der Waals surface area contributed by atoms with Gasteiger partial charge in [0, 0.05) is 20.8 Å². The van der Waals surface area contributed by atoms with Crippen molar-refractivity contribution in [2.75, 3.05) is 34.0 Å². The lowest BCUT2D eigenvalue weighted by Gasteiger charge is -2.16. The van der Waals surface area contributed by atoms with Crippen LogP contribution in [0.15, 0.2) is 0 Å². The summed E-state index contributed by atoms with van der Waals surface area (Å²) in [5.41, 5.74) is 0. The molecule has 84 valence electrons. The molecule has 0 aliphatic carbocycles. The number of rotatable bonds is 8. The zero-order chi connectivity index (χ0) is 10.4. The van der Waals surface area contributed by atoms with Crippen molar-refractivity contribution in [1.82, 2.24) is 0 Å². The Morgan fingerprint density at radius 3 is 2.57 bits per heavy atom. The highest BCUT2D eigenvalue weighted by Gasteiger charge is 2.23. The summed E-state index contributed by atoms with van der Waals surface area (Å²) < 4.78 is 21.0. The molecule has 14 heavy (non-hydrogen) atoms. The van der Waals surface area contributed by atoms with Crippen molar-refractivity contribution in [2.24, 2.45) is 5.92 Å². The largest absolute Gasteiger partial charge is 0.400 e. The Morgan fingerprint density at radius 2 is 2.07 bits per heavy atom. The van der Waals surface area contributed by atoms with Gasteiger partial charge in [0.25, 0.3) is 0 Å². The van der Waals surface area contributed by atoms with Gasteiger partial charge in [0.05, 0.1) is 13.2 Å². The van der Waals surface area contributed by atoms with E-state index in [-0.39, 0.29) is 0 Å². The van der Waals surface area contributed by atoms with Crippen LogP contribution >= 0.6 is 0 Å². The molecule has 0 aromatic rings. The van der Waals surface area contributed by atoms with Gasteiger partial charge in [-0.05, 0) is 12.0 Å². The van der Waals surface area contributed by atoms with E-state index in [1.54, 1.807) is 14.2 Å². The van der Waals surface area contributed by atoms with E-state index >= 15 is 0 Å². The monoisotopic (exact) mass is 220 g/mol. The molecule has 0 amide bonds. The van der Waals surface area contributed by atoms with Crippen LogP contribution in [0.2, 0.25) is 6.04 Å². The zero-order valence-electron chi connectivity index (χ0n) is 9.19. The fourth-order valence-corrected chi connectivity index (χ4v) is 2.62. The molecule has 5 heteroatoms. The lowest BCUT2D eigenvalue weighted by atomic mass is 10.2. The molecule has 0 saturated carbocycles. The van der Waals surface area contributed by atoms with Gasteiger partial charge in [-0.15, -0.1) is 0 Å². The molecule has 2 unspecified atom stereocenters. The lowest BCUT2D eigenvalue weighted by Crippen LogP contribution is -2.24. The first-order valence-corrected chi connectivity index (χ1v) is 6.77. The summed E-state index contributed by atoms with van der Waals surface area (Å²) in [6.45, 7) is 4.53. The molecule has 2 atom stereocenters. The maximum absolute atomic E-state index is 5.50. The molecule has 1 rings (SSSR count). The lowest BCUT2D eigenvalue weighted by molar-refractivity contribution is 0.0925. The molecule has 1 aliphatic rings. The predicted octanol–water partition coefficient (Wildman–Crippen LogP) is 0.551. The highest BCUT2D eigenvalue weighted by Crippen LogP contribution is 2.12. The van der Waals surface area contributed by atoms with Gasteiger partial charge in [-0.25, -0.2) is 0 Å². The number of epoxide rings is 1. The summed E-state index contributed by atoms with van der Waals surface area (Å²) in [7, 11) is 2.02. The Morgan fingerprint density at radius 1 is 1.43 bits per heavy atom. The summed E-state index contributed by atoms with van der Waals surface area (Å²) >= 11 is 0. The standard InChI is InChI=1S/C9H20O4Si/c1-8(7-14(10-2)11-3)4-12-5-9-6-13-9/h8-9,14H,4-7H2,1-3H3. The minimum Gasteiger partial charge on any atom is -0.400 e. The smallest absolute Gasteiger partial charge is 0.321 e. The number of hydrogen-bond donors (Lipinski definition) is 0. The zero-order valence-corrected chi connectivity index (χ0v) is 10.3. The Balaban J connectivity index is 1.98. The second-order valence-corrected chi connectivity index (χ2v) is 6.01. The molecule has 1 aliphatic heterocycles. The fraction of sp³-hybridized carbons (Fsp3) is 1.00. The Labute approximate surface area is 87.3 Å². The van der Waals surface area contributed by atoms with Crippen LogP contribution in [0.4, 0.5) is 0 Å². The van der Waals surface area contributed by atoms with E-state index < -0.39 is 9.28 Å². The Kier molecular flexibility index (Phi) is 5.65. The molecule has 1 heterocycles. The normalized spacial score (nSPS) is 22.7. The average Bonchev–Trinajstić information content (AvgIpc) is 2.98. The summed E-state index contributed by atoms with van der Waals surface area (Å²) in [5.74, 6) is 0.505. The Bertz CT molecular complexity index is 148. The quantitative estimate of drug-likeness (QED) is 0.442. The predicted molar refractivity (Wildman–Crippen MR) is 55.7 cm³/mol. The van der Waals surface area contributed by atoms with Crippen LogP contribution in [-0.2, 0) is 18.3 Å². The third kappa shape index (κ3) is 5.07. The van der Waals surface area contributed by atoms with E-state index in [2.05, 4.69) is 6.92 Å². The van der Waals surface area contributed by atoms with Crippen molar-refractivity contribution in [1.29, 1.82) is 0 Å². The highest BCUT2D eigenvalue weighted by molar-refractivity contribution is 6.44. The van der Waals surface area contributed by atoms with E-state index in [0.717, 1.165) is 25.9 Å². The fourth-order valence-electron chi connectivity index (χ4n) is 1.25. The number of hydrogen-bond acceptors (Lipinski definition) is 4. The van der Waals surface area contributed by atoms with Gasteiger partial charge in [-0.2, -0.15) is 0 Å². The highest BCUT2D eigenvalue weighted by atomic mass is 28.3. The maximum Gasteiger partial charge on any atom is 0.321 e. The van der Waals surface area contributed by atoms with Crippen LogP contribution < -0.4 is 0 Å². The van der Waals surface area contributed by atoms with Gasteiger partial charge >= 0.3 is 9.28 Å². The van der Waals surface area contributed by atoms with Crippen LogP contribution in [0.3, 0.4) is 0 Å². The molecule has 0 spiro atoms. The van der Waals surface area contributed by atoms with Crippen molar-refractivity contribution in [3.8, 4) is 0 Å². The van der Waals surface area contributed by atoms with Crippen LogP contribution in [0.5, 0.6) is 0 Å². The van der Waals surface area contributed by atoms with E-state index in [1.807, 2.05) is 0 Å². The van der Waals surface area contributed by atoms with Crippen LogP contribution in [-0.4, -0.2) is 49.4 Å². The van der Waals surface area contributed by atoms with Crippen molar-refractivity contribution < 1.29 is 18.3 Å². The van der Waals surface area contributed by atoms with Gasteiger partial charge in [-0.1, -0.05) is 6.92 Å². The first kappa shape index (κ1) is 12.1. The SMILES string of the molecule is CO[SiH](CC(C)COCC1CO1)OC. The summed E-state index contributed by atoms with van der Waals surface area (Å²) in [4.78, 5) is 0. The number of ether oxygens (including phenoxy) is 2. The molecular weight excluding hydrogens is 200 g/mol. The molecule has 4 nitrogen and oxygen atoms in total. The van der Waals surface area contributed by atoms with Crippen LogP contribution in [0.1, 0.15) is 6.92 Å². The van der Waals surface area contributed by atoms with Crippen molar-refractivity contribution in [3.63, 3.8) is 0 Å². The first-order chi connectivity index (χ1) is 6.76. The summed E-state index contributed by atoms with van der Waals surface area (Å²) in [5, 5.41) is 0. The van der Waals surface area contributed by atoms with Crippen molar-refractivity contribution in [3.05, 3.63) is 0 Å². The molecule has 1 fully saturated rings. The molecule has 0 radical (unpaired) electrons. The van der Waals surface area contributed by atoms with E-state index in [1.165, 1.54) is 0 Å². The first-order valence-electron chi connectivity index (χ1n) is 5.01. The second kappa shape index (κ2) is 6.52. The van der Waals surface area contributed by atoms with E-state index in [9.17, 15) is 0 Å². The molecular formula is C9H20O4Si. The van der Waals surface area contributed by atoms with Gasteiger partial charge < -0.3 is 18.3 Å². The van der Waals surface area contributed by atoms with Crippen molar-refractivity contribution >= 4 is 9.28 Å². The third-order valence-electron chi connectivity index (χ3n) is 2.23. The van der Waals surface area contributed by atoms with E-state index in [4.69, 9.17) is 18.3 Å². The molecule has 0 aromatic heterocycles. The maximum atomic E-state index is 5.50. The Hall–Kier alpha value is 0.0569. The van der Waals surface area contributed by atoms with Gasteiger partial charge in [0.2, 0.25) is 0 Å². The minimum absolute atomic E-state index is 0.361. The molecule has 0 bridgehead atoms. The topological polar surface area (TPSA) is 40.2 Å². The molecule has 1 saturated heterocycles. The van der Waals surface area contributed by atoms with Crippen LogP contribution in [0.25, 0.3) is 0 Å². The summed E-state index contributed by atoms with van der Waals surface area (Å²) in [6, 6.07) is 0.999. The van der Waals surface area contributed by atoms with Crippen LogP contribution in [0, 0.1) is 5.92 Å². The third-order valence-corrected chi connectivity index (χ3v) is 4.47. The van der Waals surface area contributed by atoms with E-state index in [0.29, 0.717) is 12.0 Å². The van der Waals surface area contributed by atoms with Crippen molar-refractivity contribution in [2.45, 2.75) is 19.1 Å². The molecule has 0 N–H and O–H groups in total. The average molecular weight is 220 g/mol. The van der Waals surface area contributed by atoms with Gasteiger partial charge in [0.1, 0.15) is 6.10 Å². The second-order valence-electron chi connectivity index (χ2n) is 3.73. The van der Waals surface area contributed by atoms with Gasteiger partial charge in [-0.3, -0.25) is 0 Å². The summed E-state index contributed by atoms with van der Waals surface area (Å²) in [6.07, 6.45) is 0.361.